The molecular formula is C12H12F2N2O2. The maximum Gasteiger partial charge on any atom is 0.387 e. The van der Waals surface area contributed by atoms with Gasteiger partial charge in [-0.1, -0.05) is 18.1 Å². The van der Waals surface area contributed by atoms with E-state index in [0.29, 0.717) is 0 Å². The van der Waals surface area contributed by atoms with Crippen molar-refractivity contribution in [2.75, 3.05) is 6.54 Å². The number of hydrogen-bond donors (Lipinski definition) is 2. The van der Waals surface area contributed by atoms with E-state index in [1.165, 1.54) is 12.1 Å². The van der Waals surface area contributed by atoms with E-state index in [2.05, 4.69) is 21.3 Å². The van der Waals surface area contributed by atoms with Gasteiger partial charge in [0.25, 0.3) is 0 Å². The number of carbonyl (C=O) groups is 1. The number of ether oxygens (including phenoxy) is 1. The number of nitrogens with one attached hydrogen (secondary N) is 2. The van der Waals surface area contributed by atoms with Crippen LogP contribution in [0.2, 0.25) is 0 Å². The number of halogens is 2. The van der Waals surface area contributed by atoms with E-state index in [1.807, 2.05) is 0 Å². The Morgan fingerprint density at radius 2 is 2.00 bits per heavy atom. The highest BCUT2D eigenvalue weighted by Gasteiger charge is 2.04. The van der Waals surface area contributed by atoms with Crippen LogP contribution in [0.5, 0.6) is 5.75 Å². The maximum absolute atomic E-state index is 11.9. The fourth-order valence-corrected chi connectivity index (χ4v) is 1.16. The molecular weight excluding hydrogens is 242 g/mol. The summed E-state index contributed by atoms with van der Waals surface area (Å²) in [6, 6.07) is 5.59. The first kappa shape index (κ1) is 13.8. The Balaban J connectivity index is 2.39. The molecule has 0 atom stereocenters. The lowest BCUT2D eigenvalue weighted by atomic mass is 10.2. The van der Waals surface area contributed by atoms with Crippen molar-refractivity contribution in [1.29, 1.82) is 0 Å². The minimum absolute atomic E-state index is 0.0746. The minimum atomic E-state index is -2.84. The predicted octanol–water partition coefficient (Wildman–Crippen LogP) is 1.72. The zero-order valence-corrected chi connectivity index (χ0v) is 9.45. The zero-order valence-electron chi connectivity index (χ0n) is 9.45. The molecule has 96 valence electrons. The van der Waals surface area contributed by atoms with Crippen molar-refractivity contribution < 1.29 is 18.3 Å². The van der Waals surface area contributed by atoms with Gasteiger partial charge in [-0.05, 0) is 17.7 Å². The first-order valence-electron chi connectivity index (χ1n) is 5.10. The normalized spacial score (nSPS) is 9.67. The monoisotopic (exact) mass is 254 g/mol. The molecule has 2 N–H and O–H groups in total. The molecule has 1 rings (SSSR count). The van der Waals surface area contributed by atoms with Crippen LogP contribution in [0.1, 0.15) is 5.56 Å². The molecule has 18 heavy (non-hydrogen) atoms. The smallest absolute Gasteiger partial charge is 0.387 e. The van der Waals surface area contributed by atoms with E-state index in [1.54, 1.807) is 12.1 Å². The number of benzene rings is 1. The summed E-state index contributed by atoms with van der Waals surface area (Å²) in [6.45, 7) is -2.43. The number of hydrogen-bond acceptors (Lipinski definition) is 2. The second-order valence-corrected chi connectivity index (χ2v) is 3.26. The topological polar surface area (TPSA) is 50.4 Å². The van der Waals surface area contributed by atoms with Crippen LogP contribution in [0.25, 0.3) is 0 Å². The van der Waals surface area contributed by atoms with Crippen LogP contribution in [0.4, 0.5) is 13.6 Å². The third-order valence-corrected chi connectivity index (χ3v) is 1.95. The summed E-state index contributed by atoms with van der Waals surface area (Å²) in [5.41, 5.74) is 0.757. The molecule has 0 aliphatic carbocycles. The van der Waals surface area contributed by atoms with Gasteiger partial charge in [0.1, 0.15) is 5.75 Å². The largest absolute Gasteiger partial charge is 0.435 e. The molecule has 2 amide bonds. The Morgan fingerprint density at radius 3 is 2.56 bits per heavy atom. The van der Waals surface area contributed by atoms with Crippen molar-refractivity contribution in [3.05, 3.63) is 29.8 Å². The maximum atomic E-state index is 11.9. The number of terminal acetylenes is 1. The van der Waals surface area contributed by atoms with Gasteiger partial charge in [0.15, 0.2) is 0 Å². The summed E-state index contributed by atoms with van der Waals surface area (Å²) < 4.78 is 28.0. The van der Waals surface area contributed by atoms with Crippen LogP contribution in [0, 0.1) is 12.3 Å². The summed E-state index contributed by atoms with van der Waals surface area (Å²) in [5.74, 6) is 2.34. The molecule has 0 fully saturated rings. The van der Waals surface area contributed by atoms with E-state index in [9.17, 15) is 13.6 Å². The predicted molar refractivity (Wildman–Crippen MR) is 62.1 cm³/mol. The first-order chi connectivity index (χ1) is 8.61. The van der Waals surface area contributed by atoms with E-state index < -0.39 is 6.61 Å². The van der Waals surface area contributed by atoms with E-state index in [-0.39, 0.29) is 24.9 Å². The highest BCUT2D eigenvalue weighted by Crippen LogP contribution is 2.14. The van der Waals surface area contributed by atoms with Crippen molar-refractivity contribution in [3.8, 4) is 18.1 Å². The van der Waals surface area contributed by atoms with E-state index >= 15 is 0 Å². The van der Waals surface area contributed by atoms with Crippen LogP contribution in [-0.4, -0.2) is 19.2 Å². The molecule has 0 heterocycles. The van der Waals surface area contributed by atoms with Crippen molar-refractivity contribution in [1.82, 2.24) is 10.6 Å². The Bertz CT molecular complexity index is 427. The Morgan fingerprint density at radius 1 is 1.33 bits per heavy atom. The Hall–Kier alpha value is -2.29. The second-order valence-electron chi connectivity index (χ2n) is 3.26. The molecule has 6 heteroatoms. The lowest BCUT2D eigenvalue weighted by Crippen LogP contribution is -2.35. The third kappa shape index (κ3) is 5.16. The second kappa shape index (κ2) is 7.12. The summed E-state index contributed by atoms with van der Waals surface area (Å²) in [5, 5.41) is 4.99. The van der Waals surface area contributed by atoms with Crippen LogP contribution in [-0.2, 0) is 6.54 Å². The van der Waals surface area contributed by atoms with Crippen LogP contribution in [0.3, 0.4) is 0 Å². The molecule has 0 aromatic heterocycles. The summed E-state index contributed by atoms with van der Waals surface area (Å²) in [4.78, 5) is 11.1. The molecule has 0 bridgehead atoms. The molecule has 0 saturated carbocycles. The van der Waals surface area contributed by atoms with Crippen molar-refractivity contribution >= 4 is 6.03 Å². The molecule has 0 aliphatic rings. The van der Waals surface area contributed by atoms with Gasteiger partial charge >= 0.3 is 12.6 Å². The van der Waals surface area contributed by atoms with Gasteiger partial charge in [0.05, 0.1) is 6.54 Å². The van der Waals surface area contributed by atoms with Crippen molar-refractivity contribution in [2.24, 2.45) is 0 Å². The van der Waals surface area contributed by atoms with Gasteiger partial charge < -0.3 is 15.4 Å². The van der Waals surface area contributed by atoms with E-state index in [4.69, 9.17) is 6.42 Å². The summed E-state index contributed by atoms with van der Waals surface area (Å²) in [7, 11) is 0. The third-order valence-electron chi connectivity index (χ3n) is 1.95. The minimum Gasteiger partial charge on any atom is -0.435 e. The number of alkyl halides is 2. The molecule has 0 unspecified atom stereocenters. The molecule has 0 saturated heterocycles. The summed E-state index contributed by atoms with van der Waals surface area (Å²) >= 11 is 0. The van der Waals surface area contributed by atoms with Crippen LogP contribution < -0.4 is 15.4 Å². The molecule has 0 radical (unpaired) electrons. The van der Waals surface area contributed by atoms with Gasteiger partial charge in [-0.25, -0.2) is 4.79 Å². The Kier molecular flexibility index (Phi) is 5.45. The fourth-order valence-electron chi connectivity index (χ4n) is 1.16. The average molecular weight is 254 g/mol. The number of carbonyl (C=O) groups excluding carboxylic acids is 1. The van der Waals surface area contributed by atoms with Gasteiger partial charge in [0.2, 0.25) is 0 Å². The van der Waals surface area contributed by atoms with Gasteiger partial charge in [0, 0.05) is 6.54 Å². The van der Waals surface area contributed by atoms with Gasteiger partial charge in [-0.2, -0.15) is 8.78 Å². The van der Waals surface area contributed by atoms with Gasteiger partial charge in [-0.15, -0.1) is 6.42 Å². The molecule has 0 aliphatic heterocycles. The van der Waals surface area contributed by atoms with E-state index in [0.717, 1.165) is 5.56 Å². The highest BCUT2D eigenvalue weighted by molar-refractivity contribution is 5.74. The van der Waals surface area contributed by atoms with Crippen LogP contribution >= 0.6 is 0 Å². The van der Waals surface area contributed by atoms with Crippen molar-refractivity contribution in [2.45, 2.75) is 13.2 Å². The first-order valence-corrected chi connectivity index (χ1v) is 5.10. The Labute approximate surface area is 103 Å². The summed E-state index contributed by atoms with van der Waals surface area (Å²) in [6.07, 6.45) is 4.97. The zero-order chi connectivity index (χ0) is 13.4. The quantitative estimate of drug-likeness (QED) is 0.786. The molecule has 4 nitrogen and oxygen atoms in total. The number of urea groups is 1. The fraction of sp³-hybridized carbons (Fsp3) is 0.250. The average Bonchev–Trinajstić information content (AvgIpc) is 2.35. The lowest BCUT2D eigenvalue weighted by molar-refractivity contribution is -0.0498. The number of amides is 2. The van der Waals surface area contributed by atoms with Crippen LogP contribution in [0.15, 0.2) is 24.3 Å². The standard InChI is InChI=1S/C12H12F2N2O2/c1-2-7-15-12(17)16-8-9-3-5-10(6-4-9)18-11(13)14/h1,3-6,11H,7-8H2,(H2,15,16,17). The number of rotatable bonds is 5. The highest BCUT2D eigenvalue weighted by atomic mass is 19.3. The van der Waals surface area contributed by atoms with Gasteiger partial charge in [-0.3, -0.25) is 0 Å². The molecule has 1 aromatic carbocycles. The SMILES string of the molecule is C#CCNC(=O)NCc1ccc(OC(F)F)cc1. The molecule has 0 spiro atoms. The molecule has 1 aromatic rings. The van der Waals surface area contributed by atoms with Crippen molar-refractivity contribution in [3.63, 3.8) is 0 Å². The lowest BCUT2D eigenvalue weighted by Gasteiger charge is -2.07.